The normalized spacial score (nSPS) is 13.2. The highest BCUT2D eigenvalue weighted by atomic mass is 32.2. The van der Waals surface area contributed by atoms with E-state index in [-0.39, 0.29) is 0 Å². The molecule has 1 unspecified atom stereocenters. The van der Waals surface area contributed by atoms with Crippen LogP contribution in [0.15, 0.2) is 42.1 Å². The van der Waals surface area contributed by atoms with Crippen LogP contribution in [0.4, 0.5) is 0 Å². The van der Waals surface area contributed by atoms with Crippen molar-refractivity contribution >= 4 is 16.8 Å². The van der Waals surface area contributed by atoms with Gasteiger partial charge in [-0.3, -0.25) is 10.4 Å². The van der Waals surface area contributed by atoms with Gasteiger partial charge in [0.15, 0.2) is 0 Å². The molecular weight excluding hydrogens is 300 g/mol. The number of nitrogens with one attached hydrogen (secondary N) is 1. The van der Waals surface area contributed by atoms with Crippen molar-refractivity contribution in [3.63, 3.8) is 0 Å². The number of rotatable bonds is 9. The van der Waals surface area contributed by atoms with Gasteiger partial charge in [0.05, 0.1) is 0 Å². The minimum atomic E-state index is 0.401. The van der Waals surface area contributed by atoms with Crippen LogP contribution in [0.25, 0.3) is 0 Å². The largest absolute Gasteiger partial charge is 0.293 e. The SMILES string of the molecule is C=CC(C)C/C=C(\CCCC)SC(=N)c1cnccc1C(C)C. The van der Waals surface area contributed by atoms with Gasteiger partial charge < -0.3 is 0 Å². The van der Waals surface area contributed by atoms with Crippen LogP contribution in [0.3, 0.4) is 0 Å². The Balaban J connectivity index is 2.90. The summed E-state index contributed by atoms with van der Waals surface area (Å²) in [4.78, 5) is 5.51. The van der Waals surface area contributed by atoms with Crippen molar-refractivity contribution in [2.24, 2.45) is 5.92 Å². The highest BCUT2D eigenvalue weighted by Crippen LogP contribution is 2.30. The van der Waals surface area contributed by atoms with E-state index in [4.69, 9.17) is 5.41 Å². The molecule has 0 saturated carbocycles. The lowest BCUT2D eigenvalue weighted by atomic mass is 10.00. The van der Waals surface area contributed by atoms with E-state index >= 15 is 0 Å². The Morgan fingerprint density at radius 3 is 2.74 bits per heavy atom. The van der Waals surface area contributed by atoms with Crippen LogP contribution in [-0.4, -0.2) is 10.0 Å². The molecule has 0 saturated heterocycles. The quantitative estimate of drug-likeness (QED) is 0.316. The molecule has 126 valence electrons. The summed E-state index contributed by atoms with van der Waals surface area (Å²) in [6.45, 7) is 12.6. The van der Waals surface area contributed by atoms with Crippen LogP contribution in [0, 0.1) is 11.3 Å². The molecule has 0 bridgehead atoms. The number of aromatic nitrogens is 1. The van der Waals surface area contributed by atoms with E-state index < -0.39 is 0 Å². The highest BCUT2D eigenvalue weighted by Gasteiger charge is 2.13. The summed E-state index contributed by atoms with van der Waals surface area (Å²) in [5, 5.41) is 9.13. The maximum absolute atomic E-state index is 8.52. The summed E-state index contributed by atoms with van der Waals surface area (Å²) in [7, 11) is 0. The molecule has 0 aliphatic rings. The van der Waals surface area contributed by atoms with Gasteiger partial charge in [-0.25, -0.2) is 0 Å². The molecule has 0 amide bonds. The molecule has 0 spiro atoms. The minimum Gasteiger partial charge on any atom is -0.293 e. The van der Waals surface area contributed by atoms with Gasteiger partial charge >= 0.3 is 0 Å². The summed E-state index contributed by atoms with van der Waals surface area (Å²) in [6, 6.07) is 2.03. The van der Waals surface area contributed by atoms with E-state index in [0.717, 1.165) is 18.4 Å². The second-order valence-electron chi connectivity index (χ2n) is 6.27. The first-order valence-corrected chi connectivity index (χ1v) is 9.33. The minimum absolute atomic E-state index is 0.401. The zero-order valence-corrected chi connectivity index (χ0v) is 15.7. The van der Waals surface area contributed by atoms with Crippen LogP contribution in [0.1, 0.15) is 70.4 Å². The summed E-state index contributed by atoms with van der Waals surface area (Å²) in [5.41, 5.74) is 2.17. The molecular formula is C20H30N2S. The topological polar surface area (TPSA) is 36.7 Å². The first-order chi connectivity index (χ1) is 11.0. The third-order valence-corrected chi connectivity index (χ3v) is 4.91. The Kier molecular flexibility index (Phi) is 8.93. The van der Waals surface area contributed by atoms with E-state index in [0.29, 0.717) is 16.9 Å². The first-order valence-electron chi connectivity index (χ1n) is 8.51. The molecule has 1 N–H and O–H groups in total. The average molecular weight is 331 g/mol. The fourth-order valence-electron chi connectivity index (χ4n) is 2.24. The molecule has 23 heavy (non-hydrogen) atoms. The maximum Gasteiger partial charge on any atom is 0.101 e. The van der Waals surface area contributed by atoms with Crippen molar-refractivity contribution in [3.05, 3.63) is 53.2 Å². The zero-order valence-electron chi connectivity index (χ0n) is 14.9. The standard InChI is InChI=1S/C20H30N2S/c1-6-8-9-17(11-10-16(5)7-2)23-20(21)19-14-22-13-12-18(19)15(3)4/h7,11-16,21H,2,6,8-10H2,1,3-5H3/b17-11+,21-20?. The Bertz CT molecular complexity index is 546. The molecule has 3 heteroatoms. The summed E-state index contributed by atoms with van der Waals surface area (Å²) in [6.07, 6.45) is 12.3. The number of hydrogen-bond acceptors (Lipinski definition) is 3. The van der Waals surface area contributed by atoms with Crippen molar-refractivity contribution in [1.82, 2.24) is 4.98 Å². The fraction of sp³-hybridized carbons (Fsp3) is 0.500. The van der Waals surface area contributed by atoms with E-state index in [1.165, 1.54) is 23.3 Å². The average Bonchev–Trinajstić information content (AvgIpc) is 2.56. The van der Waals surface area contributed by atoms with Gasteiger partial charge in [-0.1, -0.05) is 58.0 Å². The number of nitrogens with zero attached hydrogens (tertiary/aromatic N) is 1. The van der Waals surface area contributed by atoms with Gasteiger partial charge in [-0.05, 0) is 47.6 Å². The van der Waals surface area contributed by atoms with Crippen molar-refractivity contribution < 1.29 is 0 Å². The molecule has 1 heterocycles. The Morgan fingerprint density at radius 1 is 1.39 bits per heavy atom. The molecule has 1 rings (SSSR count). The molecule has 0 aromatic carbocycles. The third-order valence-electron chi connectivity index (χ3n) is 3.85. The lowest BCUT2D eigenvalue weighted by Crippen LogP contribution is -2.03. The first kappa shape index (κ1) is 19.7. The van der Waals surface area contributed by atoms with Crippen LogP contribution in [0.5, 0.6) is 0 Å². The van der Waals surface area contributed by atoms with E-state index in [9.17, 15) is 0 Å². The van der Waals surface area contributed by atoms with E-state index in [2.05, 4.69) is 45.3 Å². The molecule has 1 aromatic heterocycles. The molecule has 2 nitrogen and oxygen atoms in total. The monoisotopic (exact) mass is 330 g/mol. The molecule has 0 fully saturated rings. The van der Waals surface area contributed by atoms with Gasteiger partial charge in [0.2, 0.25) is 0 Å². The van der Waals surface area contributed by atoms with Gasteiger partial charge in [-0.2, -0.15) is 0 Å². The number of hydrogen-bond donors (Lipinski definition) is 1. The second kappa shape index (κ2) is 10.4. The maximum atomic E-state index is 8.52. The molecule has 1 aromatic rings. The van der Waals surface area contributed by atoms with Gasteiger partial charge in [0, 0.05) is 18.0 Å². The lowest BCUT2D eigenvalue weighted by Gasteiger charge is -2.14. The third kappa shape index (κ3) is 6.74. The van der Waals surface area contributed by atoms with Gasteiger partial charge in [0.1, 0.15) is 5.04 Å². The van der Waals surface area contributed by atoms with Crippen molar-refractivity contribution in [2.45, 2.75) is 59.3 Å². The number of unbranched alkanes of at least 4 members (excludes halogenated alkanes) is 1. The lowest BCUT2D eigenvalue weighted by molar-refractivity contribution is 0.737. The zero-order chi connectivity index (χ0) is 17.2. The van der Waals surface area contributed by atoms with Crippen LogP contribution in [-0.2, 0) is 0 Å². The molecule has 1 atom stereocenters. The van der Waals surface area contributed by atoms with Crippen molar-refractivity contribution in [1.29, 1.82) is 5.41 Å². The number of allylic oxidation sites excluding steroid dienone is 3. The summed E-state index contributed by atoms with van der Waals surface area (Å²) in [5.74, 6) is 0.879. The van der Waals surface area contributed by atoms with E-state index in [1.807, 2.05) is 24.5 Å². The smallest absolute Gasteiger partial charge is 0.101 e. The van der Waals surface area contributed by atoms with Crippen LogP contribution in [0.2, 0.25) is 0 Å². The predicted octanol–water partition coefficient (Wildman–Crippen LogP) is 6.55. The predicted molar refractivity (Wildman–Crippen MR) is 104 cm³/mol. The van der Waals surface area contributed by atoms with Gasteiger partial charge in [-0.15, -0.1) is 6.58 Å². The number of thioether (sulfide) groups is 1. The summed E-state index contributed by atoms with van der Waals surface area (Å²) >= 11 is 1.59. The Morgan fingerprint density at radius 2 is 2.13 bits per heavy atom. The molecule has 0 radical (unpaired) electrons. The fourth-order valence-corrected chi connectivity index (χ4v) is 3.21. The van der Waals surface area contributed by atoms with Gasteiger partial charge in [0.25, 0.3) is 0 Å². The second-order valence-corrected chi connectivity index (χ2v) is 7.41. The Labute approximate surface area is 146 Å². The van der Waals surface area contributed by atoms with Crippen LogP contribution < -0.4 is 0 Å². The molecule has 0 aliphatic heterocycles. The van der Waals surface area contributed by atoms with Crippen LogP contribution >= 0.6 is 11.8 Å². The number of pyridine rings is 1. The highest BCUT2D eigenvalue weighted by molar-refractivity contribution is 8.17. The van der Waals surface area contributed by atoms with Crippen molar-refractivity contribution in [2.75, 3.05) is 0 Å². The summed E-state index contributed by atoms with van der Waals surface area (Å²) < 4.78 is 0. The van der Waals surface area contributed by atoms with E-state index in [1.54, 1.807) is 11.8 Å². The van der Waals surface area contributed by atoms with Crippen molar-refractivity contribution in [3.8, 4) is 0 Å². The Hall–Kier alpha value is -1.35. The molecule has 0 aliphatic carbocycles.